The van der Waals surface area contributed by atoms with Crippen LogP contribution in [0.3, 0.4) is 0 Å². The quantitative estimate of drug-likeness (QED) is 0.240. The molecule has 1 aliphatic rings. The third-order valence-electron chi connectivity index (χ3n) is 5.72. The molecule has 1 saturated carbocycles. The third-order valence-corrected chi connectivity index (χ3v) is 20.4. The average molecular weight is 427 g/mol. The molecule has 23 heavy (non-hydrogen) atoms. The number of allylic oxidation sites excluding steroid dienone is 2. The fourth-order valence-corrected chi connectivity index (χ4v) is 18.4. The molecule has 1 aliphatic carbocycles. The topological polar surface area (TPSA) is 17.1 Å². The predicted molar refractivity (Wildman–Crippen MR) is 106 cm³/mol. The minimum absolute atomic E-state index is 0.653. The van der Waals surface area contributed by atoms with Crippen LogP contribution in [0.2, 0.25) is 13.3 Å². The second kappa shape index (κ2) is 12.6. The number of unbranched alkanes of at least 4 members (excludes halogenated alkanes) is 3. The van der Waals surface area contributed by atoms with Crippen molar-refractivity contribution in [3.63, 3.8) is 0 Å². The standard InChI is InChI=1S/C9H13O.3C4H9.Sn/c10-8-4-7-9-5-2-1-3-6-9;3*1-3-4-2;/h4,7,9H,1-3,5-6H2;3*1,3-4H2,2H3;/b7-4+;;;;. The van der Waals surface area contributed by atoms with Crippen LogP contribution in [0.4, 0.5) is 0 Å². The normalized spacial score (nSPS) is 17.0. The molecule has 1 rings (SSSR count). The van der Waals surface area contributed by atoms with Crippen LogP contribution in [0.1, 0.15) is 91.4 Å². The molecular weight excluding hydrogens is 387 g/mol. The molecule has 0 bridgehead atoms. The van der Waals surface area contributed by atoms with Crippen LogP contribution in [0.25, 0.3) is 0 Å². The van der Waals surface area contributed by atoms with Crippen LogP contribution in [0, 0.1) is 5.92 Å². The van der Waals surface area contributed by atoms with Crippen molar-refractivity contribution in [3.05, 3.63) is 12.2 Å². The summed E-state index contributed by atoms with van der Waals surface area (Å²) in [5.74, 6) is 0.695. The van der Waals surface area contributed by atoms with Gasteiger partial charge in [0, 0.05) is 0 Å². The second-order valence-electron chi connectivity index (χ2n) is 7.71. The molecule has 0 aromatic heterocycles. The molecule has 1 nitrogen and oxygen atoms in total. The van der Waals surface area contributed by atoms with Gasteiger partial charge in [-0.25, -0.2) is 0 Å². The van der Waals surface area contributed by atoms with Crippen molar-refractivity contribution in [1.82, 2.24) is 0 Å². The molecule has 0 aromatic carbocycles. The van der Waals surface area contributed by atoms with E-state index >= 15 is 0 Å². The zero-order valence-corrected chi connectivity index (χ0v) is 18.9. The third kappa shape index (κ3) is 7.75. The minimum atomic E-state index is -2.65. The first-order valence-corrected chi connectivity index (χ1v) is 17.9. The number of carbonyl (C=O) groups is 1. The molecule has 0 spiro atoms. The molecule has 0 aromatic rings. The van der Waals surface area contributed by atoms with Gasteiger partial charge in [-0.15, -0.1) is 0 Å². The first-order chi connectivity index (χ1) is 11.2. The van der Waals surface area contributed by atoms with Crippen LogP contribution in [-0.2, 0) is 4.79 Å². The SMILES string of the molecule is CCC[CH2][Sn]([CH2]CCC)([CH2]CCC)[C](=O)/C=C/C1CCCCC1. The van der Waals surface area contributed by atoms with Crippen molar-refractivity contribution in [1.29, 1.82) is 0 Å². The van der Waals surface area contributed by atoms with Gasteiger partial charge < -0.3 is 0 Å². The average Bonchev–Trinajstić information content (AvgIpc) is 2.60. The maximum atomic E-state index is 13.2. The molecular formula is C21H40OSn. The Bertz CT molecular complexity index is 320. The Kier molecular flexibility index (Phi) is 11.6. The Balaban J connectivity index is 2.79. The zero-order valence-electron chi connectivity index (χ0n) is 16.0. The first-order valence-electron chi connectivity index (χ1n) is 10.4. The molecule has 0 atom stereocenters. The van der Waals surface area contributed by atoms with Crippen molar-refractivity contribution in [2.24, 2.45) is 5.92 Å². The van der Waals surface area contributed by atoms with Gasteiger partial charge in [-0.05, 0) is 0 Å². The van der Waals surface area contributed by atoms with E-state index in [0.717, 1.165) is 0 Å². The summed E-state index contributed by atoms with van der Waals surface area (Å²) >= 11 is -2.65. The van der Waals surface area contributed by atoms with E-state index in [4.69, 9.17) is 0 Å². The van der Waals surface area contributed by atoms with Gasteiger partial charge in [0.05, 0.1) is 0 Å². The van der Waals surface area contributed by atoms with E-state index in [-0.39, 0.29) is 0 Å². The summed E-state index contributed by atoms with van der Waals surface area (Å²) in [6.45, 7) is 6.83. The Labute approximate surface area is 149 Å². The molecule has 0 N–H and O–H groups in total. The summed E-state index contributed by atoms with van der Waals surface area (Å²) in [6.07, 6.45) is 18.7. The monoisotopic (exact) mass is 428 g/mol. The Hall–Kier alpha value is 0.209. The molecule has 1 fully saturated rings. The molecule has 0 aliphatic heterocycles. The summed E-state index contributed by atoms with van der Waals surface area (Å²) in [5.41, 5.74) is 0. The Morgan fingerprint density at radius 3 is 1.78 bits per heavy atom. The molecule has 134 valence electrons. The van der Waals surface area contributed by atoms with E-state index in [0.29, 0.717) is 9.72 Å². The number of rotatable bonds is 12. The Morgan fingerprint density at radius 2 is 1.35 bits per heavy atom. The zero-order chi connectivity index (χ0) is 17.0. The van der Waals surface area contributed by atoms with Crippen LogP contribution < -0.4 is 0 Å². The van der Waals surface area contributed by atoms with Gasteiger partial charge in [-0.2, -0.15) is 0 Å². The fourth-order valence-electron chi connectivity index (χ4n) is 4.02. The van der Waals surface area contributed by atoms with Crippen LogP contribution in [-0.4, -0.2) is 22.2 Å². The van der Waals surface area contributed by atoms with Crippen molar-refractivity contribution in [2.45, 2.75) is 105 Å². The number of hydrogen-bond acceptors (Lipinski definition) is 1. The van der Waals surface area contributed by atoms with Crippen LogP contribution in [0.5, 0.6) is 0 Å². The van der Waals surface area contributed by atoms with Crippen molar-refractivity contribution < 1.29 is 4.79 Å². The first kappa shape index (κ1) is 21.3. The summed E-state index contributed by atoms with van der Waals surface area (Å²) in [4.78, 5) is 13.2. The van der Waals surface area contributed by atoms with E-state index in [1.165, 1.54) is 83.9 Å². The van der Waals surface area contributed by atoms with E-state index in [9.17, 15) is 4.79 Å². The summed E-state index contributed by atoms with van der Waals surface area (Å²) in [7, 11) is 0. The van der Waals surface area contributed by atoms with Gasteiger partial charge in [0.25, 0.3) is 0 Å². The van der Waals surface area contributed by atoms with Gasteiger partial charge in [-0.3, -0.25) is 0 Å². The van der Waals surface area contributed by atoms with Gasteiger partial charge in [-0.1, -0.05) is 0 Å². The molecule has 2 heteroatoms. The fraction of sp³-hybridized carbons (Fsp3) is 0.857. The van der Waals surface area contributed by atoms with E-state index < -0.39 is 18.4 Å². The number of carbonyl (C=O) groups excluding carboxylic acids is 1. The van der Waals surface area contributed by atoms with Gasteiger partial charge in [0.15, 0.2) is 0 Å². The second-order valence-corrected chi connectivity index (χ2v) is 20.7. The van der Waals surface area contributed by atoms with E-state index in [2.05, 4.69) is 32.9 Å². The molecule has 0 unspecified atom stereocenters. The molecule has 0 amide bonds. The van der Waals surface area contributed by atoms with Gasteiger partial charge >= 0.3 is 150 Å². The van der Waals surface area contributed by atoms with Crippen molar-refractivity contribution in [2.75, 3.05) is 0 Å². The van der Waals surface area contributed by atoms with Crippen LogP contribution in [0.15, 0.2) is 12.2 Å². The number of hydrogen-bond donors (Lipinski definition) is 0. The van der Waals surface area contributed by atoms with Crippen molar-refractivity contribution in [3.8, 4) is 0 Å². The molecule has 0 heterocycles. The van der Waals surface area contributed by atoms with Gasteiger partial charge in [0.2, 0.25) is 0 Å². The summed E-state index contributed by atoms with van der Waals surface area (Å²) in [6, 6.07) is 0. The van der Waals surface area contributed by atoms with E-state index in [1.54, 1.807) is 0 Å². The van der Waals surface area contributed by atoms with E-state index in [1.807, 2.05) is 0 Å². The van der Waals surface area contributed by atoms with Crippen LogP contribution >= 0.6 is 0 Å². The maximum absolute atomic E-state index is 13.2. The Morgan fingerprint density at radius 1 is 0.870 bits per heavy atom. The molecule has 0 radical (unpaired) electrons. The summed E-state index contributed by atoms with van der Waals surface area (Å²) in [5, 5.41) is 0. The predicted octanol–water partition coefficient (Wildman–Crippen LogP) is 7.08. The van der Waals surface area contributed by atoms with Crippen molar-refractivity contribution >= 4 is 22.2 Å². The molecule has 0 saturated heterocycles. The van der Waals surface area contributed by atoms with Gasteiger partial charge in [0.1, 0.15) is 0 Å². The summed E-state index contributed by atoms with van der Waals surface area (Å²) < 4.78 is 4.57.